The highest BCUT2D eigenvalue weighted by Gasteiger charge is 2.13. The van der Waals surface area contributed by atoms with E-state index in [9.17, 15) is 14.9 Å². The molecule has 0 bridgehead atoms. The van der Waals surface area contributed by atoms with Crippen LogP contribution in [0.1, 0.15) is 10.4 Å². The Bertz CT molecular complexity index is 686. The number of hydrogen-bond donors (Lipinski definition) is 1. The first-order valence-electron chi connectivity index (χ1n) is 5.90. The van der Waals surface area contributed by atoms with Crippen LogP contribution in [0.4, 0.5) is 11.4 Å². The van der Waals surface area contributed by atoms with Gasteiger partial charge in [0.2, 0.25) is 0 Å². The number of nitrogens with zero attached hydrogens (tertiary/aromatic N) is 1. The molecule has 0 heterocycles. The Morgan fingerprint density at radius 2 is 1.90 bits per heavy atom. The van der Waals surface area contributed by atoms with Crippen molar-refractivity contribution in [3.8, 4) is 5.75 Å². The van der Waals surface area contributed by atoms with Gasteiger partial charge in [-0.15, -0.1) is 0 Å². The summed E-state index contributed by atoms with van der Waals surface area (Å²) in [6, 6.07) is 10.2. The number of nitro groups is 1. The number of amides is 1. The molecule has 2 aromatic rings. The second-order valence-electron chi connectivity index (χ2n) is 4.10. The van der Waals surface area contributed by atoms with E-state index in [-0.39, 0.29) is 11.3 Å². The van der Waals surface area contributed by atoms with Crippen LogP contribution in [0, 0.1) is 10.1 Å². The Hall–Kier alpha value is -2.60. The first-order valence-corrected chi connectivity index (χ1v) is 6.28. The van der Waals surface area contributed by atoms with E-state index in [1.54, 1.807) is 12.1 Å². The second-order valence-corrected chi connectivity index (χ2v) is 4.54. The molecule has 0 saturated carbocycles. The first kappa shape index (κ1) is 14.8. The zero-order valence-electron chi connectivity index (χ0n) is 11.0. The van der Waals surface area contributed by atoms with Gasteiger partial charge in [-0.3, -0.25) is 14.9 Å². The summed E-state index contributed by atoms with van der Waals surface area (Å²) in [6.07, 6.45) is 0. The molecule has 0 unspecified atom stereocenters. The van der Waals surface area contributed by atoms with E-state index in [4.69, 9.17) is 16.3 Å². The van der Waals surface area contributed by atoms with Crippen LogP contribution in [0.25, 0.3) is 0 Å². The first-order chi connectivity index (χ1) is 10.0. The third kappa shape index (κ3) is 3.49. The fraction of sp³-hybridized carbons (Fsp3) is 0.0714. The van der Waals surface area contributed by atoms with Crippen LogP contribution in [0.2, 0.25) is 5.02 Å². The Labute approximate surface area is 125 Å². The van der Waals surface area contributed by atoms with Gasteiger partial charge < -0.3 is 10.1 Å². The number of halogens is 1. The Balaban J connectivity index is 2.21. The lowest BCUT2D eigenvalue weighted by Gasteiger charge is -2.09. The minimum absolute atomic E-state index is 0.0478. The number of carbonyl (C=O) groups excluding carboxylic acids is 1. The van der Waals surface area contributed by atoms with Crippen molar-refractivity contribution in [1.82, 2.24) is 0 Å². The van der Waals surface area contributed by atoms with Crippen molar-refractivity contribution >= 4 is 28.9 Å². The SMILES string of the molecule is COc1ccc(Cl)cc1C(=O)Nc1ccc([N+](=O)[O-])cc1. The van der Waals surface area contributed by atoms with Crippen molar-refractivity contribution in [3.63, 3.8) is 0 Å². The fourth-order valence-electron chi connectivity index (χ4n) is 1.72. The monoisotopic (exact) mass is 306 g/mol. The highest BCUT2D eigenvalue weighted by Crippen LogP contribution is 2.24. The fourth-order valence-corrected chi connectivity index (χ4v) is 1.89. The number of hydrogen-bond acceptors (Lipinski definition) is 4. The number of methoxy groups -OCH3 is 1. The molecule has 2 aromatic carbocycles. The highest BCUT2D eigenvalue weighted by molar-refractivity contribution is 6.31. The number of nitrogens with one attached hydrogen (secondary N) is 1. The summed E-state index contributed by atoms with van der Waals surface area (Å²) in [5, 5.41) is 13.6. The van der Waals surface area contributed by atoms with Crippen molar-refractivity contribution in [2.24, 2.45) is 0 Å². The third-order valence-corrected chi connectivity index (χ3v) is 2.98. The molecule has 0 aromatic heterocycles. The average molecular weight is 307 g/mol. The maximum atomic E-state index is 12.2. The zero-order chi connectivity index (χ0) is 15.4. The van der Waals surface area contributed by atoms with E-state index in [2.05, 4.69) is 5.32 Å². The number of ether oxygens (including phenoxy) is 1. The van der Waals surface area contributed by atoms with E-state index in [1.165, 1.54) is 37.4 Å². The minimum atomic E-state index is -0.508. The Morgan fingerprint density at radius 3 is 2.48 bits per heavy atom. The number of carbonyl (C=O) groups is 1. The molecule has 0 aliphatic heterocycles. The van der Waals surface area contributed by atoms with Gasteiger partial charge in [0.1, 0.15) is 5.75 Å². The standard InChI is InChI=1S/C14H11ClN2O4/c1-21-13-7-2-9(15)8-12(13)14(18)16-10-3-5-11(6-4-10)17(19)20/h2-8H,1H3,(H,16,18). The summed E-state index contributed by atoms with van der Waals surface area (Å²) in [5.41, 5.74) is 0.671. The Morgan fingerprint density at radius 1 is 1.24 bits per heavy atom. The van der Waals surface area contributed by atoms with E-state index in [0.29, 0.717) is 16.5 Å². The van der Waals surface area contributed by atoms with Crippen molar-refractivity contribution in [1.29, 1.82) is 0 Å². The van der Waals surface area contributed by atoms with Crippen LogP contribution in [0.3, 0.4) is 0 Å². The molecule has 6 nitrogen and oxygen atoms in total. The Kier molecular flexibility index (Phi) is 4.39. The number of nitro benzene ring substituents is 1. The van der Waals surface area contributed by atoms with Gasteiger partial charge in [-0.25, -0.2) is 0 Å². The number of anilines is 1. The van der Waals surface area contributed by atoms with Gasteiger partial charge in [-0.1, -0.05) is 11.6 Å². The van der Waals surface area contributed by atoms with Crippen LogP contribution >= 0.6 is 11.6 Å². The predicted molar refractivity (Wildman–Crippen MR) is 79.1 cm³/mol. The molecule has 0 radical (unpaired) electrons. The molecule has 0 aliphatic carbocycles. The van der Waals surface area contributed by atoms with Gasteiger partial charge in [0, 0.05) is 22.8 Å². The summed E-state index contributed by atoms with van der Waals surface area (Å²) in [6.45, 7) is 0. The van der Waals surface area contributed by atoms with Crippen molar-refractivity contribution in [2.75, 3.05) is 12.4 Å². The molecule has 2 rings (SSSR count). The van der Waals surface area contributed by atoms with Crippen LogP contribution in [-0.2, 0) is 0 Å². The van der Waals surface area contributed by atoms with Crippen LogP contribution in [0.5, 0.6) is 5.75 Å². The zero-order valence-corrected chi connectivity index (χ0v) is 11.8. The van der Waals surface area contributed by atoms with Crippen LogP contribution in [0.15, 0.2) is 42.5 Å². The molecule has 7 heteroatoms. The number of non-ortho nitro benzene ring substituents is 1. The lowest BCUT2D eigenvalue weighted by molar-refractivity contribution is -0.384. The molecule has 21 heavy (non-hydrogen) atoms. The maximum absolute atomic E-state index is 12.2. The van der Waals surface area contributed by atoms with Gasteiger partial charge in [-0.05, 0) is 30.3 Å². The minimum Gasteiger partial charge on any atom is -0.496 e. The van der Waals surface area contributed by atoms with E-state index < -0.39 is 10.8 Å². The quantitative estimate of drug-likeness (QED) is 0.692. The van der Waals surface area contributed by atoms with E-state index >= 15 is 0 Å². The van der Waals surface area contributed by atoms with Crippen molar-refractivity contribution in [2.45, 2.75) is 0 Å². The molecule has 1 amide bonds. The normalized spacial score (nSPS) is 10.0. The average Bonchev–Trinajstić information content (AvgIpc) is 2.47. The second kappa shape index (κ2) is 6.23. The largest absolute Gasteiger partial charge is 0.496 e. The van der Waals surface area contributed by atoms with E-state index in [1.807, 2.05) is 0 Å². The van der Waals surface area contributed by atoms with Crippen LogP contribution in [-0.4, -0.2) is 17.9 Å². The number of benzene rings is 2. The summed E-state index contributed by atoms with van der Waals surface area (Å²) in [5.74, 6) is -0.0259. The molecule has 0 fully saturated rings. The van der Waals surface area contributed by atoms with Gasteiger partial charge in [0.25, 0.3) is 11.6 Å². The predicted octanol–water partition coefficient (Wildman–Crippen LogP) is 3.51. The highest BCUT2D eigenvalue weighted by atomic mass is 35.5. The topological polar surface area (TPSA) is 81.5 Å². The van der Waals surface area contributed by atoms with Gasteiger partial charge >= 0.3 is 0 Å². The van der Waals surface area contributed by atoms with Crippen LogP contribution < -0.4 is 10.1 Å². The van der Waals surface area contributed by atoms with Crippen molar-refractivity contribution in [3.05, 3.63) is 63.2 Å². The molecule has 108 valence electrons. The number of rotatable bonds is 4. The molecule has 0 spiro atoms. The lowest BCUT2D eigenvalue weighted by atomic mass is 10.2. The molecular weight excluding hydrogens is 296 g/mol. The molecule has 0 aliphatic rings. The van der Waals surface area contributed by atoms with Gasteiger partial charge in [0.05, 0.1) is 17.6 Å². The molecule has 0 saturated heterocycles. The van der Waals surface area contributed by atoms with Gasteiger partial charge in [-0.2, -0.15) is 0 Å². The van der Waals surface area contributed by atoms with Gasteiger partial charge in [0.15, 0.2) is 0 Å². The third-order valence-electron chi connectivity index (χ3n) is 2.74. The maximum Gasteiger partial charge on any atom is 0.269 e. The molecule has 1 N–H and O–H groups in total. The smallest absolute Gasteiger partial charge is 0.269 e. The summed E-state index contributed by atoms with van der Waals surface area (Å²) < 4.78 is 5.10. The van der Waals surface area contributed by atoms with Crippen molar-refractivity contribution < 1.29 is 14.5 Å². The van der Waals surface area contributed by atoms with E-state index in [0.717, 1.165) is 0 Å². The summed E-state index contributed by atoms with van der Waals surface area (Å²) >= 11 is 5.87. The molecule has 0 atom stereocenters. The molecular formula is C14H11ClN2O4. The lowest BCUT2D eigenvalue weighted by Crippen LogP contribution is -2.13. The summed E-state index contributed by atoms with van der Waals surface area (Å²) in [7, 11) is 1.45. The summed E-state index contributed by atoms with van der Waals surface area (Å²) in [4.78, 5) is 22.2.